The van der Waals surface area contributed by atoms with E-state index in [1.807, 2.05) is 4.90 Å². The monoisotopic (exact) mass is 749 g/mol. The second-order valence-corrected chi connectivity index (χ2v) is 18.4. The van der Waals surface area contributed by atoms with Gasteiger partial charge in [-0.3, -0.25) is 14.4 Å². The summed E-state index contributed by atoms with van der Waals surface area (Å²) in [4.78, 5) is 55.7. The summed E-state index contributed by atoms with van der Waals surface area (Å²) in [5.41, 5.74) is 10.6. The molecular weight excluding hydrogens is 699 g/mol. The van der Waals surface area contributed by atoms with E-state index in [-0.39, 0.29) is 46.9 Å². The summed E-state index contributed by atoms with van der Waals surface area (Å²) in [5, 5.41) is 4.26. The minimum absolute atomic E-state index is 0.0232. The lowest BCUT2D eigenvalue weighted by molar-refractivity contribution is -0.153. The lowest BCUT2D eigenvalue weighted by Gasteiger charge is -2.41. The number of fused-ring (bicyclic) bond motifs is 4. The number of ether oxygens (including phenoxy) is 2. The highest BCUT2D eigenvalue weighted by Crippen LogP contribution is 2.60. The van der Waals surface area contributed by atoms with E-state index in [2.05, 4.69) is 91.0 Å². The van der Waals surface area contributed by atoms with Gasteiger partial charge in [0.2, 0.25) is 17.5 Å². The van der Waals surface area contributed by atoms with Crippen LogP contribution in [0.25, 0.3) is 0 Å². The molecular formula is C43H50N4O6P+. The van der Waals surface area contributed by atoms with Gasteiger partial charge in [-0.1, -0.05) is 80.3 Å². The summed E-state index contributed by atoms with van der Waals surface area (Å²) in [6.07, 6.45) is 7.90. The molecule has 3 aromatic rings. The molecule has 4 aliphatic rings. The van der Waals surface area contributed by atoms with Gasteiger partial charge in [0.15, 0.2) is 5.72 Å². The van der Waals surface area contributed by atoms with E-state index < -0.39 is 36.8 Å². The molecule has 4 N–H and O–H groups in total. The number of carbonyl (C=O) groups is 4. The van der Waals surface area contributed by atoms with Gasteiger partial charge in [0.25, 0.3) is 0 Å². The van der Waals surface area contributed by atoms with Gasteiger partial charge < -0.3 is 30.7 Å². The van der Waals surface area contributed by atoms with Crippen LogP contribution in [0.5, 0.6) is 0 Å². The number of rotatable bonds is 16. The largest absolute Gasteiger partial charge is 0.449 e. The van der Waals surface area contributed by atoms with Crippen LogP contribution >= 0.6 is 7.26 Å². The number of Topliss-reactive ketones (excluding diaryl/α,β-unsaturated/α-hetero) is 2. The van der Waals surface area contributed by atoms with Crippen molar-refractivity contribution in [1.29, 1.82) is 0 Å². The molecule has 0 saturated carbocycles. The number of carbonyl (C=O) groups excluding carboxylic acids is 4. The minimum Gasteiger partial charge on any atom is -0.449 e. The van der Waals surface area contributed by atoms with Crippen LogP contribution in [0.2, 0.25) is 0 Å². The number of unbranched alkanes of at least 4 members (excludes halogenated alkanes) is 6. The quantitative estimate of drug-likeness (QED) is 0.0929. The Labute approximate surface area is 317 Å². The zero-order valence-electron chi connectivity index (χ0n) is 31.1. The standard InChI is InChI=1S/C43H49N4O6P/c1-29-37(44)40(50)36-33(28-53-42(45)51)43(52-2)41-34(27-46(43)38(36)39(29)49)47(41)35(48)25-17-6-4-3-5-7-18-26-54(30-19-11-8-12-20-30,31-21-13-9-14-22-31)32-23-15-10-16-24-32/h8-16,19-24,33-34,41H,3-7,17-18,25-28H2,1-2H3,(H3-,44,45,49,51)/p+1/t33-,34+,41+,43-,47?/m1/s1. The normalized spacial score (nSPS) is 23.0. The van der Waals surface area contributed by atoms with Gasteiger partial charge >= 0.3 is 6.09 Å². The number of ketones is 2. The predicted octanol–water partition coefficient (Wildman–Crippen LogP) is 4.70. The molecule has 2 amide bonds. The first-order chi connectivity index (χ1) is 26.2. The summed E-state index contributed by atoms with van der Waals surface area (Å²) in [6.45, 7) is 1.59. The third kappa shape index (κ3) is 6.33. The Balaban J connectivity index is 0.917. The summed E-state index contributed by atoms with van der Waals surface area (Å²) < 4.78 is 11.3. The first kappa shape index (κ1) is 37.5. The summed E-state index contributed by atoms with van der Waals surface area (Å²) >= 11 is 0. The number of primary amides is 1. The molecule has 0 spiro atoms. The molecule has 0 aromatic heterocycles. The minimum atomic E-state index is -1.81. The molecule has 282 valence electrons. The van der Waals surface area contributed by atoms with Crippen LogP contribution in [0, 0.1) is 5.92 Å². The molecule has 3 heterocycles. The smallest absolute Gasteiger partial charge is 0.404 e. The van der Waals surface area contributed by atoms with Gasteiger partial charge in [0.1, 0.15) is 35.8 Å². The summed E-state index contributed by atoms with van der Waals surface area (Å²) in [6, 6.07) is 32.5. The number of amides is 2. The number of nitrogens with zero attached hydrogens (tertiary/aromatic N) is 2. The van der Waals surface area contributed by atoms with E-state index in [9.17, 15) is 19.2 Å². The Morgan fingerprint density at radius 1 is 0.796 bits per heavy atom. The van der Waals surface area contributed by atoms with Crippen molar-refractivity contribution in [3.63, 3.8) is 0 Å². The fraction of sp³-hybridized carbons (Fsp3) is 0.395. The topological polar surface area (TPSA) is 145 Å². The van der Waals surface area contributed by atoms with Gasteiger partial charge in [-0.15, -0.1) is 0 Å². The molecule has 54 heavy (non-hydrogen) atoms. The number of benzene rings is 3. The van der Waals surface area contributed by atoms with E-state index >= 15 is 0 Å². The lowest BCUT2D eigenvalue weighted by atomic mass is 9.82. The molecule has 2 saturated heterocycles. The second kappa shape index (κ2) is 15.5. The molecule has 0 radical (unpaired) electrons. The molecule has 3 aliphatic heterocycles. The zero-order chi connectivity index (χ0) is 38.0. The molecule has 11 heteroatoms. The van der Waals surface area contributed by atoms with Crippen LogP contribution in [0.4, 0.5) is 4.79 Å². The number of piperazine rings is 1. The number of hydrogen-bond donors (Lipinski definition) is 2. The molecule has 1 aliphatic carbocycles. The second-order valence-electron chi connectivity index (χ2n) is 14.8. The van der Waals surface area contributed by atoms with Crippen LogP contribution in [-0.4, -0.2) is 77.6 Å². The van der Waals surface area contributed by atoms with Gasteiger partial charge in [0.05, 0.1) is 29.5 Å². The molecule has 4 atom stereocenters. The van der Waals surface area contributed by atoms with Crippen molar-refractivity contribution in [2.45, 2.75) is 76.1 Å². The van der Waals surface area contributed by atoms with Crippen LogP contribution in [0.15, 0.2) is 114 Å². The van der Waals surface area contributed by atoms with Crippen LogP contribution < -0.4 is 27.4 Å². The third-order valence-electron chi connectivity index (χ3n) is 12.0. The van der Waals surface area contributed by atoms with Crippen molar-refractivity contribution in [3.8, 4) is 0 Å². The Morgan fingerprint density at radius 2 is 1.31 bits per heavy atom. The first-order valence-corrected chi connectivity index (χ1v) is 21.1. The lowest BCUT2D eigenvalue weighted by Crippen LogP contribution is -2.56. The Hall–Kier alpha value is -4.79. The first-order valence-electron chi connectivity index (χ1n) is 19.1. The van der Waals surface area contributed by atoms with Crippen molar-refractivity contribution in [2.24, 2.45) is 17.4 Å². The highest BCUT2D eigenvalue weighted by atomic mass is 31.2. The summed E-state index contributed by atoms with van der Waals surface area (Å²) in [7, 11) is -0.316. The van der Waals surface area contributed by atoms with Crippen molar-refractivity contribution in [3.05, 3.63) is 114 Å². The fourth-order valence-corrected chi connectivity index (χ4v) is 13.7. The maximum atomic E-state index is 13.6. The van der Waals surface area contributed by atoms with Crippen molar-refractivity contribution in [2.75, 3.05) is 26.4 Å². The Bertz CT molecular complexity index is 1870. The maximum absolute atomic E-state index is 13.6. The predicted molar refractivity (Wildman–Crippen MR) is 211 cm³/mol. The highest BCUT2D eigenvalue weighted by molar-refractivity contribution is 7.95. The zero-order valence-corrected chi connectivity index (χ0v) is 32.0. The van der Waals surface area contributed by atoms with Crippen LogP contribution in [-0.2, 0) is 23.9 Å². The number of hydrogen-bond acceptors (Lipinski definition) is 8. The Kier molecular flexibility index (Phi) is 10.8. The van der Waals surface area contributed by atoms with E-state index in [1.165, 1.54) is 29.9 Å². The highest BCUT2D eigenvalue weighted by Gasteiger charge is 2.77. The summed E-state index contributed by atoms with van der Waals surface area (Å²) in [5.74, 6) is -1.64. The van der Waals surface area contributed by atoms with E-state index in [4.69, 9.17) is 20.9 Å². The average Bonchev–Trinajstić information content (AvgIpc) is 3.71. The Morgan fingerprint density at radius 3 is 1.83 bits per heavy atom. The van der Waals surface area contributed by atoms with Gasteiger partial charge in [-0.05, 0) is 62.6 Å². The number of methoxy groups -OCH3 is 1. The molecule has 7 rings (SSSR count). The van der Waals surface area contributed by atoms with Crippen molar-refractivity contribution >= 4 is 46.7 Å². The average molecular weight is 750 g/mol. The van der Waals surface area contributed by atoms with Crippen LogP contribution in [0.3, 0.4) is 0 Å². The van der Waals surface area contributed by atoms with E-state index in [1.54, 1.807) is 4.90 Å². The number of allylic oxidation sites excluding steroid dienone is 2. The van der Waals surface area contributed by atoms with Crippen molar-refractivity contribution in [1.82, 2.24) is 9.80 Å². The van der Waals surface area contributed by atoms with E-state index in [0.29, 0.717) is 13.0 Å². The van der Waals surface area contributed by atoms with Gasteiger partial charge in [-0.25, -0.2) is 4.79 Å². The van der Waals surface area contributed by atoms with Gasteiger partial charge in [0, 0.05) is 31.2 Å². The van der Waals surface area contributed by atoms with Crippen molar-refractivity contribution < 1.29 is 28.7 Å². The maximum Gasteiger partial charge on any atom is 0.404 e. The van der Waals surface area contributed by atoms with E-state index in [0.717, 1.165) is 51.1 Å². The molecule has 3 aromatic carbocycles. The molecule has 0 unspecified atom stereocenters. The SMILES string of the molecule is CO[C@@]12[C@H](COC(N)=O)C3=C(C(=O)C(C)=C(N)C3=O)N1C[C@H]1[C@@H]2N1C(=O)CCCCCCCCC[P+](c1ccccc1)(c1ccccc1)c1ccccc1. The molecule has 0 bridgehead atoms. The van der Waals surface area contributed by atoms with Gasteiger partial charge in [-0.2, -0.15) is 0 Å². The third-order valence-corrected chi connectivity index (χ3v) is 16.5. The van der Waals surface area contributed by atoms with Crippen LogP contribution in [0.1, 0.15) is 58.3 Å². The molecule has 10 nitrogen and oxygen atoms in total. The molecule has 2 fully saturated rings. The number of nitrogens with two attached hydrogens (primary N) is 2. The fourth-order valence-electron chi connectivity index (χ4n) is 9.34.